The van der Waals surface area contributed by atoms with Gasteiger partial charge in [0, 0.05) is 12.1 Å². The number of carbonyl (C=O) groups is 3. The summed E-state index contributed by atoms with van der Waals surface area (Å²) in [7, 11) is 0. The van der Waals surface area contributed by atoms with Crippen molar-refractivity contribution in [1.29, 1.82) is 5.41 Å². The minimum absolute atomic E-state index is 0.0383. The number of quaternary nitrogens is 1. The van der Waals surface area contributed by atoms with Crippen LogP contribution in [0.1, 0.15) is 12.8 Å². The van der Waals surface area contributed by atoms with Crippen LogP contribution in [0.3, 0.4) is 0 Å². The van der Waals surface area contributed by atoms with E-state index in [2.05, 4.69) is 21.1 Å². The highest BCUT2D eigenvalue weighted by atomic mass is 35.5. The van der Waals surface area contributed by atoms with Crippen molar-refractivity contribution in [2.24, 2.45) is 11.0 Å². The van der Waals surface area contributed by atoms with Gasteiger partial charge in [-0.3, -0.25) is 20.3 Å². The van der Waals surface area contributed by atoms with Gasteiger partial charge in [0.1, 0.15) is 23.3 Å². The van der Waals surface area contributed by atoms with E-state index >= 15 is 0 Å². The fourth-order valence-electron chi connectivity index (χ4n) is 2.80. The second-order valence-electron chi connectivity index (χ2n) is 6.33. The number of hydrogen-bond acceptors (Lipinski definition) is 5. The summed E-state index contributed by atoms with van der Waals surface area (Å²) in [6.07, 6.45) is 2.57. The second-order valence-corrected chi connectivity index (χ2v) is 6.74. The SMILES string of the molecule is N=C(C=N[NH2+]c1ccc(F)c(Cl)c1)C(=O)NCC1(C2CC2)NC(=O)NC1=O. The Kier molecular flexibility index (Phi) is 5.19. The summed E-state index contributed by atoms with van der Waals surface area (Å²) in [5, 5.41) is 18.8. The van der Waals surface area contributed by atoms with E-state index in [1.54, 1.807) is 0 Å². The fourth-order valence-corrected chi connectivity index (χ4v) is 2.99. The molecule has 1 unspecified atom stereocenters. The van der Waals surface area contributed by atoms with Crippen molar-refractivity contribution < 1.29 is 24.2 Å². The summed E-state index contributed by atoms with van der Waals surface area (Å²) in [5.41, 5.74) is 0.226. The van der Waals surface area contributed by atoms with E-state index in [0.717, 1.165) is 19.1 Å². The first-order valence-corrected chi connectivity index (χ1v) is 8.51. The standard InChI is InChI=1S/C16H16ClFN6O3/c17-10-5-9(3-4-11(10)18)24-21-6-12(19)13(25)20-7-16(8-1-2-8)14(26)22-15(27)23-16/h3-6,8,19,24H,1-2,7H2,(H,20,25)(H2,22,23,26,27)/p+1. The van der Waals surface area contributed by atoms with E-state index in [0.29, 0.717) is 5.69 Å². The first kappa shape index (κ1) is 18.9. The van der Waals surface area contributed by atoms with Crippen LogP contribution < -0.4 is 21.4 Å². The molecule has 27 heavy (non-hydrogen) atoms. The molecule has 1 aliphatic heterocycles. The van der Waals surface area contributed by atoms with Crippen LogP contribution in [0.5, 0.6) is 0 Å². The maximum Gasteiger partial charge on any atom is 0.322 e. The van der Waals surface area contributed by atoms with Gasteiger partial charge in [0.2, 0.25) is 0 Å². The van der Waals surface area contributed by atoms with Crippen molar-refractivity contribution in [3.05, 3.63) is 29.0 Å². The van der Waals surface area contributed by atoms with Crippen molar-refractivity contribution in [1.82, 2.24) is 16.0 Å². The lowest BCUT2D eigenvalue weighted by Crippen LogP contribution is -2.71. The van der Waals surface area contributed by atoms with Gasteiger partial charge < -0.3 is 10.6 Å². The number of halogens is 2. The predicted molar refractivity (Wildman–Crippen MR) is 94.4 cm³/mol. The largest absolute Gasteiger partial charge is 0.348 e. The number of nitrogens with one attached hydrogen (secondary N) is 4. The number of benzene rings is 1. The molecule has 2 fully saturated rings. The zero-order chi connectivity index (χ0) is 19.6. The van der Waals surface area contributed by atoms with Crippen LogP contribution >= 0.6 is 11.6 Å². The van der Waals surface area contributed by atoms with E-state index in [1.165, 1.54) is 23.6 Å². The van der Waals surface area contributed by atoms with Gasteiger partial charge in [0.15, 0.2) is 5.69 Å². The lowest BCUT2D eigenvalue weighted by molar-refractivity contribution is -0.576. The highest BCUT2D eigenvalue weighted by molar-refractivity contribution is 6.59. The lowest BCUT2D eigenvalue weighted by atomic mass is 9.93. The molecule has 0 bridgehead atoms. The summed E-state index contributed by atoms with van der Waals surface area (Å²) >= 11 is 5.66. The molecule has 2 aliphatic rings. The number of nitrogens with zero attached hydrogens (tertiary/aromatic N) is 1. The molecule has 1 saturated carbocycles. The Bertz CT molecular complexity index is 857. The Balaban J connectivity index is 1.54. The van der Waals surface area contributed by atoms with Gasteiger partial charge in [-0.1, -0.05) is 16.7 Å². The van der Waals surface area contributed by atoms with Gasteiger partial charge in [-0.25, -0.2) is 9.18 Å². The third-order valence-corrected chi connectivity index (χ3v) is 4.68. The van der Waals surface area contributed by atoms with Crippen molar-refractivity contribution in [3.63, 3.8) is 0 Å². The van der Waals surface area contributed by atoms with E-state index in [-0.39, 0.29) is 17.5 Å². The molecule has 4 amide bonds. The summed E-state index contributed by atoms with van der Waals surface area (Å²) in [4.78, 5) is 35.6. The molecule has 11 heteroatoms. The fraction of sp³-hybridized carbons (Fsp3) is 0.312. The summed E-state index contributed by atoms with van der Waals surface area (Å²) in [5.74, 6) is -1.81. The third kappa shape index (κ3) is 4.12. The van der Waals surface area contributed by atoms with Crippen LogP contribution in [0.25, 0.3) is 0 Å². The molecule has 6 N–H and O–H groups in total. The molecule has 1 aliphatic carbocycles. The Morgan fingerprint density at radius 3 is 2.81 bits per heavy atom. The molecule has 0 aromatic heterocycles. The maximum absolute atomic E-state index is 13.1. The molecular weight excluding hydrogens is 379 g/mol. The van der Waals surface area contributed by atoms with Gasteiger partial charge in [0.25, 0.3) is 11.8 Å². The predicted octanol–water partition coefficient (Wildman–Crippen LogP) is -0.216. The molecule has 1 saturated heterocycles. The van der Waals surface area contributed by atoms with Crippen LogP contribution in [-0.2, 0) is 9.59 Å². The van der Waals surface area contributed by atoms with E-state index < -0.39 is 34.9 Å². The average Bonchev–Trinajstić information content (AvgIpc) is 3.42. The van der Waals surface area contributed by atoms with E-state index in [4.69, 9.17) is 17.0 Å². The Morgan fingerprint density at radius 2 is 2.22 bits per heavy atom. The van der Waals surface area contributed by atoms with Crippen LogP contribution in [0.2, 0.25) is 5.02 Å². The number of amides is 4. The van der Waals surface area contributed by atoms with Crippen LogP contribution in [0.15, 0.2) is 23.3 Å². The van der Waals surface area contributed by atoms with Crippen LogP contribution in [0.4, 0.5) is 14.9 Å². The monoisotopic (exact) mass is 395 g/mol. The molecule has 142 valence electrons. The Morgan fingerprint density at radius 1 is 1.48 bits per heavy atom. The summed E-state index contributed by atoms with van der Waals surface area (Å²) in [6, 6.07) is 3.40. The molecule has 0 radical (unpaired) electrons. The average molecular weight is 396 g/mol. The number of urea groups is 1. The van der Waals surface area contributed by atoms with Crippen molar-refractivity contribution in [3.8, 4) is 0 Å². The molecular formula is C16H17ClFN6O3+. The van der Waals surface area contributed by atoms with Crippen molar-refractivity contribution >= 4 is 47.1 Å². The molecule has 1 aromatic carbocycles. The molecule has 1 atom stereocenters. The zero-order valence-corrected chi connectivity index (χ0v) is 14.8. The van der Waals surface area contributed by atoms with Gasteiger partial charge in [-0.05, 0) is 24.8 Å². The third-order valence-electron chi connectivity index (χ3n) is 4.39. The Labute approximate surface area is 158 Å². The topological polar surface area (TPSA) is 140 Å². The first-order chi connectivity index (χ1) is 12.8. The zero-order valence-electron chi connectivity index (χ0n) is 14.0. The molecule has 3 rings (SSSR count). The quantitative estimate of drug-likeness (QED) is 0.143. The summed E-state index contributed by atoms with van der Waals surface area (Å²) in [6.45, 7) is -0.110. The van der Waals surface area contributed by atoms with Crippen LogP contribution in [0, 0.1) is 17.1 Å². The number of nitrogens with two attached hydrogens (primary N) is 1. The number of rotatable bonds is 7. The summed E-state index contributed by atoms with van der Waals surface area (Å²) < 4.78 is 13.1. The lowest BCUT2D eigenvalue weighted by Gasteiger charge is -2.25. The highest BCUT2D eigenvalue weighted by Crippen LogP contribution is 2.40. The number of imide groups is 1. The van der Waals surface area contributed by atoms with Gasteiger partial charge in [0.05, 0.1) is 11.6 Å². The van der Waals surface area contributed by atoms with Crippen LogP contribution in [-0.4, -0.2) is 41.9 Å². The smallest absolute Gasteiger partial charge is 0.322 e. The highest BCUT2D eigenvalue weighted by Gasteiger charge is 2.56. The van der Waals surface area contributed by atoms with Gasteiger partial charge >= 0.3 is 6.03 Å². The number of carbonyl (C=O) groups excluding carboxylic acids is 3. The minimum Gasteiger partial charge on any atom is -0.348 e. The second kappa shape index (κ2) is 7.41. The first-order valence-electron chi connectivity index (χ1n) is 8.13. The maximum atomic E-state index is 13.1. The normalized spacial score (nSPS) is 21.9. The van der Waals surface area contributed by atoms with E-state index in [9.17, 15) is 18.8 Å². The number of hydrogen-bond donors (Lipinski definition) is 5. The van der Waals surface area contributed by atoms with Crippen molar-refractivity contribution in [2.45, 2.75) is 18.4 Å². The molecule has 0 spiro atoms. The minimum atomic E-state index is -1.17. The molecule has 1 heterocycles. The van der Waals surface area contributed by atoms with E-state index in [1.807, 2.05) is 0 Å². The van der Waals surface area contributed by atoms with Gasteiger partial charge in [-0.15, -0.1) is 0 Å². The molecule has 1 aromatic rings. The van der Waals surface area contributed by atoms with Crippen molar-refractivity contribution in [2.75, 3.05) is 6.54 Å². The molecule has 9 nitrogen and oxygen atoms in total. The Hall–Kier alpha value is -2.85. The van der Waals surface area contributed by atoms with Gasteiger partial charge in [-0.2, -0.15) is 5.43 Å².